The third-order valence-electron chi connectivity index (χ3n) is 2.55. The monoisotopic (exact) mass is 231 g/mol. The van der Waals surface area contributed by atoms with Crippen molar-refractivity contribution in [2.45, 2.75) is 6.92 Å². The van der Waals surface area contributed by atoms with Crippen molar-refractivity contribution in [3.8, 4) is 5.75 Å². The standard InChI is InChI=1S/C12H9NO4/c1-7(14)12-9-5-3-2-4-8(9)10(13(16)17)6-11(12)15/h2-6,15H,1H3. The molecule has 0 spiro atoms. The van der Waals surface area contributed by atoms with Crippen LogP contribution in [0.1, 0.15) is 17.3 Å². The Balaban J connectivity index is 2.97. The number of phenolic OH excluding ortho intramolecular Hbond substituents is 1. The van der Waals surface area contributed by atoms with Gasteiger partial charge in [0.2, 0.25) is 0 Å². The van der Waals surface area contributed by atoms with Crippen LogP contribution in [-0.2, 0) is 0 Å². The van der Waals surface area contributed by atoms with E-state index in [1.54, 1.807) is 24.3 Å². The minimum absolute atomic E-state index is 0.117. The summed E-state index contributed by atoms with van der Waals surface area (Å²) in [6.45, 7) is 1.31. The van der Waals surface area contributed by atoms with E-state index in [2.05, 4.69) is 0 Å². The summed E-state index contributed by atoms with van der Waals surface area (Å²) in [7, 11) is 0. The molecule has 0 aliphatic heterocycles. The summed E-state index contributed by atoms with van der Waals surface area (Å²) in [6.07, 6.45) is 0. The minimum atomic E-state index is -0.577. The van der Waals surface area contributed by atoms with E-state index in [-0.39, 0.29) is 22.8 Å². The van der Waals surface area contributed by atoms with Crippen LogP contribution in [-0.4, -0.2) is 15.8 Å². The van der Waals surface area contributed by atoms with Gasteiger partial charge in [0.05, 0.1) is 21.9 Å². The summed E-state index contributed by atoms with van der Waals surface area (Å²) in [5.74, 6) is -0.684. The minimum Gasteiger partial charge on any atom is -0.507 e. The van der Waals surface area contributed by atoms with Crippen LogP contribution in [0, 0.1) is 10.1 Å². The topological polar surface area (TPSA) is 80.4 Å². The zero-order valence-electron chi connectivity index (χ0n) is 9.01. The highest BCUT2D eigenvalue weighted by Gasteiger charge is 2.20. The zero-order chi connectivity index (χ0) is 12.6. The van der Waals surface area contributed by atoms with E-state index >= 15 is 0 Å². The van der Waals surface area contributed by atoms with Crippen molar-refractivity contribution < 1.29 is 14.8 Å². The predicted molar refractivity (Wildman–Crippen MR) is 62.3 cm³/mol. The number of phenols is 1. The largest absolute Gasteiger partial charge is 0.507 e. The molecule has 0 aliphatic rings. The highest BCUT2D eigenvalue weighted by Crippen LogP contribution is 2.34. The lowest BCUT2D eigenvalue weighted by Gasteiger charge is -2.06. The molecule has 0 unspecified atom stereocenters. The molecule has 0 aromatic heterocycles. The molecule has 0 saturated heterocycles. The quantitative estimate of drug-likeness (QED) is 0.489. The molecule has 2 rings (SSSR count). The molecule has 0 aliphatic carbocycles. The van der Waals surface area contributed by atoms with Crippen LogP contribution < -0.4 is 0 Å². The lowest BCUT2D eigenvalue weighted by atomic mass is 9.99. The van der Waals surface area contributed by atoms with Gasteiger partial charge < -0.3 is 5.11 Å². The van der Waals surface area contributed by atoms with Crippen LogP contribution in [0.15, 0.2) is 30.3 Å². The van der Waals surface area contributed by atoms with E-state index in [4.69, 9.17) is 0 Å². The van der Waals surface area contributed by atoms with Crippen molar-refractivity contribution in [3.63, 3.8) is 0 Å². The molecule has 5 nitrogen and oxygen atoms in total. The summed E-state index contributed by atoms with van der Waals surface area (Å²) in [5.41, 5.74) is -0.0886. The second-order valence-corrected chi connectivity index (χ2v) is 3.65. The van der Waals surface area contributed by atoms with Crippen LogP contribution >= 0.6 is 0 Å². The number of ketones is 1. The van der Waals surface area contributed by atoms with Gasteiger partial charge in [-0.1, -0.05) is 18.2 Å². The number of rotatable bonds is 2. The number of aromatic hydroxyl groups is 1. The Hall–Kier alpha value is -2.43. The van der Waals surface area contributed by atoms with Gasteiger partial charge >= 0.3 is 0 Å². The molecule has 2 aromatic carbocycles. The van der Waals surface area contributed by atoms with Crippen molar-refractivity contribution >= 4 is 22.2 Å². The molecule has 0 amide bonds. The van der Waals surface area contributed by atoms with Gasteiger partial charge in [-0.3, -0.25) is 14.9 Å². The molecule has 0 atom stereocenters. The highest BCUT2D eigenvalue weighted by atomic mass is 16.6. The maximum atomic E-state index is 11.4. The Morgan fingerprint density at radius 3 is 2.41 bits per heavy atom. The molecule has 0 fully saturated rings. The number of Topliss-reactive ketones (excluding diaryl/α,β-unsaturated/α-hetero) is 1. The van der Waals surface area contributed by atoms with E-state index < -0.39 is 4.92 Å². The Kier molecular flexibility index (Phi) is 2.51. The number of hydrogen-bond acceptors (Lipinski definition) is 4. The van der Waals surface area contributed by atoms with Crippen LogP contribution in [0.25, 0.3) is 10.8 Å². The van der Waals surface area contributed by atoms with Crippen molar-refractivity contribution in [3.05, 3.63) is 46.0 Å². The molecule has 2 aromatic rings. The van der Waals surface area contributed by atoms with Crippen molar-refractivity contribution in [2.24, 2.45) is 0 Å². The van der Waals surface area contributed by atoms with Gasteiger partial charge in [-0.2, -0.15) is 0 Å². The smallest absolute Gasteiger partial charge is 0.280 e. The van der Waals surface area contributed by atoms with E-state index in [1.807, 2.05) is 0 Å². The van der Waals surface area contributed by atoms with Crippen molar-refractivity contribution in [1.82, 2.24) is 0 Å². The van der Waals surface area contributed by atoms with E-state index in [1.165, 1.54) is 6.92 Å². The first kappa shape index (κ1) is 11.1. The number of non-ortho nitro benzene ring substituents is 1. The molecular weight excluding hydrogens is 222 g/mol. The van der Waals surface area contributed by atoms with Crippen LogP contribution in [0.5, 0.6) is 5.75 Å². The fourth-order valence-electron chi connectivity index (χ4n) is 1.86. The fourth-order valence-corrected chi connectivity index (χ4v) is 1.86. The summed E-state index contributed by atoms with van der Waals surface area (Å²) in [4.78, 5) is 21.7. The van der Waals surface area contributed by atoms with Gasteiger partial charge in [0.25, 0.3) is 5.69 Å². The molecule has 86 valence electrons. The molecule has 0 bridgehead atoms. The number of hydrogen-bond donors (Lipinski definition) is 1. The Morgan fingerprint density at radius 2 is 1.88 bits per heavy atom. The van der Waals surface area contributed by atoms with E-state index in [9.17, 15) is 20.0 Å². The molecule has 1 N–H and O–H groups in total. The number of benzene rings is 2. The first-order valence-electron chi connectivity index (χ1n) is 4.92. The lowest BCUT2D eigenvalue weighted by molar-refractivity contribution is -0.383. The second kappa shape index (κ2) is 3.86. The number of carbonyl (C=O) groups is 1. The molecule has 0 radical (unpaired) electrons. The average molecular weight is 231 g/mol. The lowest BCUT2D eigenvalue weighted by Crippen LogP contribution is -1.98. The normalized spacial score (nSPS) is 10.4. The first-order chi connectivity index (χ1) is 8.02. The molecular formula is C12H9NO4. The van der Waals surface area contributed by atoms with Gasteiger partial charge in [-0.05, 0) is 13.0 Å². The van der Waals surface area contributed by atoms with Crippen LogP contribution in [0.3, 0.4) is 0 Å². The third kappa shape index (κ3) is 1.71. The maximum Gasteiger partial charge on any atom is 0.280 e. The molecule has 5 heteroatoms. The van der Waals surface area contributed by atoms with E-state index in [0.29, 0.717) is 10.8 Å². The summed E-state index contributed by atoms with van der Waals surface area (Å²) < 4.78 is 0. The summed E-state index contributed by atoms with van der Waals surface area (Å²) >= 11 is 0. The van der Waals surface area contributed by atoms with E-state index in [0.717, 1.165) is 6.07 Å². The van der Waals surface area contributed by atoms with Gasteiger partial charge in [0, 0.05) is 5.39 Å². The van der Waals surface area contributed by atoms with Crippen molar-refractivity contribution in [2.75, 3.05) is 0 Å². The SMILES string of the molecule is CC(=O)c1c(O)cc([N+](=O)[O-])c2ccccc12. The van der Waals surface area contributed by atoms with Crippen LogP contribution in [0.2, 0.25) is 0 Å². The second-order valence-electron chi connectivity index (χ2n) is 3.65. The fraction of sp³-hybridized carbons (Fsp3) is 0.0833. The molecule has 17 heavy (non-hydrogen) atoms. The average Bonchev–Trinajstić information content (AvgIpc) is 2.27. The predicted octanol–water partition coefficient (Wildman–Crippen LogP) is 2.66. The first-order valence-corrected chi connectivity index (χ1v) is 4.92. The van der Waals surface area contributed by atoms with Crippen molar-refractivity contribution in [1.29, 1.82) is 0 Å². The number of nitrogens with zero attached hydrogens (tertiary/aromatic N) is 1. The van der Waals surface area contributed by atoms with Crippen LogP contribution in [0.4, 0.5) is 5.69 Å². The Morgan fingerprint density at radius 1 is 1.29 bits per heavy atom. The van der Waals surface area contributed by atoms with Gasteiger partial charge in [-0.15, -0.1) is 0 Å². The number of nitro benzene ring substituents is 1. The number of carbonyl (C=O) groups excluding carboxylic acids is 1. The molecule has 0 saturated carbocycles. The third-order valence-corrected chi connectivity index (χ3v) is 2.55. The Bertz CT molecular complexity index is 634. The summed E-state index contributed by atoms with van der Waals surface area (Å²) in [5, 5.41) is 21.3. The number of nitro groups is 1. The Labute approximate surface area is 96.5 Å². The summed E-state index contributed by atoms with van der Waals surface area (Å²) in [6, 6.07) is 7.46. The van der Waals surface area contributed by atoms with Gasteiger partial charge in [0.15, 0.2) is 5.78 Å². The highest BCUT2D eigenvalue weighted by molar-refractivity contribution is 6.11. The molecule has 0 heterocycles. The number of fused-ring (bicyclic) bond motifs is 1. The van der Waals surface area contributed by atoms with Gasteiger partial charge in [0.1, 0.15) is 5.75 Å². The zero-order valence-corrected chi connectivity index (χ0v) is 9.01. The van der Waals surface area contributed by atoms with Gasteiger partial charge in [-0.25, -0.2) is 0 Å². The maximum absolute atomic E-state index is 11.4.